The third kappa shape index (κ3) is 2.86. The lowest BCUT2D eigenvalue weighted by Gasteiger charge is -2.06. The normalized spacial score (nSPS) is 11.2. The maximum atomic E-state index is 11.1. The summed E-state index contributed by atoms with van der Waals surface area (Å²) in [6, 6.07) is 12.8. The number of pyridine rings is 1. The van der Waals surface area contributed by atoms with Crippen LogP contribution in [0, 0.1) is 13.8 Å². The fourth-order valence-corrected chi connectivity index (χ4v) is 2.58. The first-order chi connectivity index (χ1) is 11.5. The molecule has 3 aromatic rings. The van der Waals surface area contributed by atoms with Crippen LogP contribution in [-0.2, 0) is 0 Å². The number of aromatic carboxylic acids is 1. The van der Waals surface area contributed by atoms with Gasteiger partial charge in [-0.05, 0) is 48.7 Å². The maximum Gasteiger partial charge on any atom is 0.339 e. The van der Waals surface area contributed by atoms with Crippen molar-refractivity contribution in [1.82, 2.24) is 4.98 Å². The summed E-state index contributed by atoms with van der Waals surface area (Å²) in [6.07, 6.45) is 3.82. The Labute approximate surface area is 139 Å². The Bertz CT molecular complexity index is 974. The SMILES string of the molecule is Cc1cccc(/C=C/c2ccc3ccc(C(=O)O)c(O)c3n2)c1C. The van der Waals surface area contributed by atoms with Gasteiger partial charge in [-0.2, -0.15) is 0 Å². The molecule has 0 saturated heterocycles. The van der Waals surface area contributed by atoms with E-state index in [1.165, 1.54) is 17.2 Å². The Morgan fingerprint density at radius 1 is 1.04 bits per heavy atom. The van der Waals surface area contributed by atoms with Crippen LogP contribution >= 0.6 is 0 Å². The number of phenols is 1. The minimum Gasteiger partial charge on any atom is -0.505 e. The molecule has 0 aliphatic rings. The second kappa shape index (κ2) is 6.16. The summed E-state index contributed by atoms with van der Waals surface area (Å²) >= 11 is 0. The van der Waals surface area contributed by atoms with Gasteiger partial charge in [0.05, 0.1) is 5.69 Å². The van der Waals surface area contributed by atoms with Crippen LogP contribution in [0.4, 0.5) is 0 Å². The Kier molecular flexibility index (Phi) is 4.04. The van der Waals surface area contributed by atoms with E-state index in [0.29, 0.717) is 11.1 Å². The van der Waals surface area contributed by atoms with Crippen LogP contribution in [0.3, 0.4) is 0 Å². The highest BCUT2D eigenvalue weighted by Gasteiger charge is 2.13. The second-order valence-electron chi connectivity index (χ2n) is 5.70. The minimum atomic E-state index is -1.17. The van der Waals surface area contributed by atoms with Crippen molar-refractivity contribution in [1.29, 1.82) is 0 Å². The van der Waals surface area contributed by atoms with Crippen molar-refractivity contribution in [2.45, 2.75) is 13.8 Å². The molecule has 0 radical (unpaired) electrons. The Morgan fingerprint density at radius 3 is 2.54 bits per heavy atom. The first-order valence-corrected chi connectivity index (χ1v) is 7.57. The molecule has 3 rings (SSSR count). The van der Waals surface area contributed by atoms with Crippen LogP contribution in [0.25, 0.3) is 23.1 Å². The molecule has 0 aliphatic heterocycles. The quantitative estimate of drug-likeness (QED) is 0.749. The minimum absolute atomic E-state index is 0.148. The molecule has 4 heteroatoms. The number of aromatic nitrogens is 1. The molecule has 0 amide bonds. The summed E-state index contributed by atoms with van der Waals surface area (Å²) in [4.78, 5) is 15.5. The molecule has 0 bridgehead atoms. The van der Waals surface area contributed by atoms with Crippen molar-refractivity contribution in [3.8, 4) is 5.75 Å². The number of carbonyl (C=O) groups is 1. The molecular formula is C20H17NO3. The van der Waals surface area contributed by atoms with Crippen LogP contribution < -0.4 is 0 Å². The number of nitrogens with zero attached hydrogens (tertiary/aromatic N) is 1. The van der Waals surface area contributed by atoms with Crippen LogP contribution in [0.1, 0.15) is 32.7 Å². The van der Waals surface area contributed by atoms with Gasteiger partial charge in [-0.25, -0.2) is 9.78 Å². The summed E-state index contributed by atoms with van der Waals surface area (Å²) < 4.78 is 0. The predicted molar refractivity (Wildman–Crippen MR) is 95.2 cm³/mol. The second-order valence-corrected chi connectivity index (χ2v) is 5.70. The molecule has 0 fully saturated rings. The van der Waals surface area contributed by atoms with E-state index in [1.807, 2.05) is 36.4 Å². The number of fused-ring (bicyclic) bond motifs is 1. The molecule has 0 atom stereocenters. The summed E-state index contributed by atoms with van der Waals surface area (Å²) in [5.41, 5.74) is 4.31. The Morgan fingerprint density at radius 2 is 1.79 bits per heavy atom. The lowest BCUT2D eigenvalue weighted by Crippen LogP contribution is -1.97. The zero-order valence-electron chi connectivity index (χ0n) is 13.4. The number of carboxylic acids is 1. The largest absolute Gasteiger partial charge is 0.505 e. The highest BCUT2D eigenvalue weighted by atomic mass is 16.4. The van der Waals surface area contributed by atoms with Gasteiger partial charge >= 0.3 is 5.97 Å². The summed E-state index contributed by atoms with van der Waals surface area (Å²) in [5, 5.41) is 19.9. The van der Waals surface area contributed by atoms with E-state index in [9.17, 15) is 9.90 Å². The van der Waals surface area contributed by atoms with Crippen LogP contribution in [0.15, 0.2) is 42.5 Å². The van der Waals surface area contributed by atoms with Gasteiger partial charge in [-0.1, -0.05) is 36.4 Å². The smallest absolute Gasteiger partial charge is 0.339 e. The predicted octanol–water partition coefficient (Wildman–Crippen LogP) is 4.43. The van der Waals surface area contributed by atoms with Crippen LogP contribution in [0.2, 0.25) is 0 Å². The Balaban J connectivity index is 2.04. The highest BCUT2D eigenvalue weighted by Crippen LogP contribution is 2.28. The van der Waals surface area contributed by atoms with Gasteiger partial charge in [-0.3, -0.25) is 0 Å². The molecule has 0 aliphatic carbocycles. The van der Waals surface area contributed by atoms with Gasteiger partial charge in [-0.15, -0.1) is 0 Å². The number of rotatable bonds is 3. The summed E-state index contributed by atoms with van der Waals surface area (Å²) in [7, 11) is 0. The molecule has 1 heterocycles. The maximum absolute atomic E-state index is 11.1. The lowest BCUT2D eigenvalue weighted by molar-refractivity contribution is 0.0694. The lowest BCUT2D eigenvalue weighted by atomic mass is 10.0. The van der Waals surface area contributed by atoms with E-state index in [1.54, 1.807) is 6.07 Å². The van der Waals surface area contributed by atoms with Gasteiger partial charge in [0.25, 0.3) is 0 Å². The first-order valence-electron chi connectivity index (χ1n) is 7.57. The number of carboxylic acid groups (broad SMARTS) is 1. The fraction of sp³-hybridized carbons (Fsp3) is 0.100. The third-order valence-corrected chi connectivity index (χ3v) is 4.17. The molecule has 4 nitrogen and oxygen atoms in total. The van der Waals surface area contributed by atoms with Crippen molar-refractivity contribution in [2.75, 3.05) is 0 Å². The van der Waals surface area contributed by atoms with Crippen molar-refractivity contribution in [3.05, 3.63) is 70.4 Å². The standard InChI is InChI=1S/C20H17NO3/c1-12-4-3-5-14(13(12)2)6-9-16-10-7-15-8-11-17(20(23)24)19(22)18(15)21-16/h3-11,22H,1-2H3,(H,23,24)/b9-6+. The van der Waals surface area contributed by atoms with E-state index in [-0.39, 0.29) is 16.8 Å². The monoisotopic (exact) mass is 319 g/mol. The molecule has 2 aromatic carbocycles. The van der Waals surface area contributed by atoms with E-state index < -0.39 is 5.97 Å². The van der Waals surface area contributed by atoms with Crippen LogP contribution in [-0.4, -0.2) is 21.2 Å². The number of hydrogen-bond acceptors (Lipinski definition) is 3. The van der Waals surface area contributed by atoms with Crippen molar-refractivity contribution in [3.63, 3.8) is 0 Å². The number of hydrogen-bond donors (Lipinski definition) is 2. The fourth-order valence-electron chi connectivity index (χ4n) is 2.58. The van der Waals surface area contributed by atoms with E-state index in [0.717, 1.165) is 5.56 Å². The molecule has 2 N–H and O–H groups in total. The van der Waals surface area contributed by atoms with Gasteiger partial charge in [0.1, 0.15) is 11.1 Å². The summed E-state index contributed by atoms with van der Waals surface area (Å²) in [5.74, 6) is -1.48. The number of aryl methyl sites for hydroxylation is 1. The highest BCUT2D eigenvalue weighted by molar-refractivity contribution is 5.99. The number of benzene rings is 2. The summed E-state index contributed by atoms with van der Waals surface area (Å²) in [6.45, 7) is 4.13. The molecule has 120 valence electrons. The van der Waals surface area contributed by atoms with E-state index in [2.05, 4.69) is 24.9 Å². The van der Waals surface area contributed by atoms with E-state index >= 15 is 0 Å². The first kappa shape index (κ1) is 15.7. The molecule has 1 aromatic heterocycles. The number of aromatic hydroxyl groups is 1. The molecular weight excluding hydrogens is 302 g/mol. The van der Waals surface area contributed by atoms with Crippen molar-refractivity contribution < 1.29 is 15.0 Å². The van der Waals surface area contributed by atoms with Crippen molar-refractivity contribution >= 4 is 29.0 Å². The average Bonchev–Trinajstić information content (AvgIpc) is 2.56. The van der Waals surface area contributed by atoms with Crippen LogP contribution in [0.5, 0.6) is 5.75 Å². The zero-order valence-corrected chi connectivity index (χ0v) is 13.4. The third-order valence-electron chi connectivity index (χ3n) is 4.17. The average molecular weight is 319 g/mol. The van der Waals surface area contributed by atoms with Gasteiger partial charge in [0.2, 0.25) is 0 Å². The van der Waals surface area contributed by atoms with E-state index in [4.69, 9.17) is 5.11 Å². The van der Waals surface area contributed by atoms with Gasteiger partial charge in [0.15, 0.2) is 5.75 Å². The molecule has 0 unspecified atom stereocenters. The zero-order chi connectivity index (χ0) is 17.3. The van der Waals surface area contributed by atoms with Gasteiger partial charge in [0, 0.05) is 5.39 Å². The van der Waals surface area contributed by atoms with Crippen molar-refractivity contribution in [2.24, 2.45) is 0 Å². The topological polar surface area (TPSA) is 70.4 Å². The van der Waals surface area contributed by atoms with Gasteiger partial charge < -0.3 is 10.2 Å². The Hall–Kier alpha value is -3.14. The molecule has 0 saturated carbocycles. The molecule has 0 spiro atoms. The molecule has 24 heavy (non-hydrogen) atoms.